The molecule has 192 valence electrons. The molecular formula is C30H37F2N3O. The predicted octanol–water partition coefficient (Wildman–Crippen LogP) is 4.11. The molecule has 36 heavy (non-hydrogen) atoms. The molecule has 0 aromatic heterocycles. The average molecular weight is 494 g/mol. The molecule has 3 aromatic rings. The highest BCUT2D eigenvalue weighted by atomic mass is 19.1. The fourth-order valence-corrected chi connectivity index (χ4v) is 5.19. The molecule has 1 unspecified atom stereocenters. The molecule has 0 spiro atoms. The van der Waals surface area contributed by atoms with E-state index < -0.39 is 17.7 Å². The maximum absolute atomic E-state index is 14.0. The summed E-state index contributed by atoms with van der Waals surface area (Å²) in [5, 5.41) is 18.3. The van der Waals surface area contributed by atoms with Crippen molar-refractivity contribution in [2.45, 2.75) is 50.9 Å². The lowest BCUT2D eigenvalue weighted by atomic mass is 9.94. The van der Waals surface area contributed by atoms with Gasteiger partial charge in [-0.1, -0.05) is 61.5 Å². The molecule has 0 aliphatic carbocycles. The zero-order valence-corrected chi connectivity index (χ0v) is 21.0. The first-order valence-corrected chi connectivity index (χ1v) is 12.9. The van der Waals surface area contributed by atoms with Crippen LogP contribution in [0, 0.1) is 11.6 Å². The molecule has 4 rings (SSSR count). The normalized spacial score (nSPS) is 18.2. The molecule has 0 amide bonds. The predicted molar refractivity (Wildman–Crippen MR) is 141 cm³/mol. The molecule has 1 aliphatic rings. The maximum atomic E-state index is 14.0. The molecule has 4 nitrogen and oxygen atoms in total. The minimum Gasteiger partial charge on any atom is -0.390 e. The molecule has 3 aromatic carbocycles. The Labute approximate surface area is 213 Å². The summed E-state index contributed by atoms with van der Waals surface area (Å²) in [6.45, 7) is 5.54. The summed E-state index contributed by atoms with van der Waals surface area (Å²) in [5.41, 5.74) is 4.25. The van der Waals surface area contributed by atoms with Crippen molar-refractivity contribution >= 4 is 0 Å². The van der Waals surface area contributed by atoms with Gasteiger partial charge in [-0.15, -0.1) is 0 Å². The van der Waals surface area contributed by atoms with Crippen LogP contribution >= 0.6 is 0 Å². The van der Waals surface area contributed by atoms with Gasteiger partial charge in [0, 0.05) is 50.9 Å². The Hall–Kier alpha value is -2.64. The second-order valence-corrected chi connectivity index (χ2v) is 9.71. The molecular weight excluding hydrogens is 456 g/mol. The van der Waals surface area contributed by atoms with Crippen LogP contribution in [0.4, 0.5) is 8.78 Å². The van der Waals surface area contributed by atoms with Gasteiger partial charge in [0.1, 0.15) is 11.6 Å². The lowest BCUT2D eigenvalue weighted by Gasteiger charge is -2.43. The highest BCUT2D eigenvalue weighted by Crippen LogP contribution is 2.21. The van der Waals surface area contributed by atoms with Crippen LogP contribution in [0.1, 0.15) is 29.2 Å². The first-order valence-electron chi connectivity index (χ1n) is 12.9. The topological polar surface area (TPSA) is 47.5 Å². The van der Waals surface area contributed by atoms with Crippen LogP contribution in [0.15, 0.2) is 72.8 Å². The third-order valence-corrected chi connectivity index (χ3v) is 7.03. The summed E-state index contributed by atoms with van der Waals surface area (Å²) in [6.07, 6.45) is 1.48. The van der Waals surface area contributed by atoms with Gasteiger partial charge in [-0.3, -0.25) is 4.90 Å². The van der Waals surface area contributed by atoms with Crippen molar-refractivity contribution in [3.63, 3.8) is 0 Å². The molecule has 0 radical (unpaired) electrons. The van der Waals surface area contributed by atoms with Gasteiger partial charge in [0.2, 0.25) is 0 Å². The second-order valence-electron chi connectivity index (χ2n) is 9.71. The van der Waals surface area contributed by atoms with Crippen LogP contribution in [0.2, 0.25) is 0 Å². The zero-order valence-electron chi connectivity index (χ0n) is 21.0. The summed E-state index contributed by atoms with van der Waals surface area (Å²) in [5.74, 6) is -1.18. The Morgan fingerprint density at radius 3 is 2.42 bits per heavy atom. The Balaban J connectivity index is 1.51. The first-order chi connectivity index (χ1) is 17.5. The molecule has 0 saturated carbocycles. The molecule has 3 N–H and O–H groups in total. The van der Waals surface area contributed by atoms with Crippen LogP contribution in [0.3, 0.4) is 0 Å². The largest absolute Gasteiger partial charge is 0.390 e. The molecule has 1 saturated heterocycles. The van der Waals surface area contributed by atoms with E-state index in [9.17, 15) is 13.9 Å². The van der Waals surface area contributed by atoms with Crippen LogP contribution < -0.4 is 10.6 Å². The molecule has 1 fully saturated rings. The quantitative estimate of drug-likeness (QED) is 0.376. The third kappa shape index (κ3) is 7.43. The van der Waals surface area contributed by atoms with Gasteiger partial charge < -0.3 is 15.7 Å². The molecule has 1 aliphatic heterocycles. The van der Waals surface area contributed by atoms with E-state index in [1.54, 1.807) is 0 Å². The number of nitrogens with one attached hydrogen (secondary N) is 2. The van der Waals surface area contributed by atoms with Gasteiger partial charge in [0.05, 0.1) is 6.10 Å². The van der Waals surface area contributed by atoms with E-state index in [-0.39, 0.29) is 12.1 Å². The number of hydrogen-bond acceptors (Lipinski definition) is 4. The molecule has 6 heteroatoms. The Morgan fingerprint density at radius 2 is 1.67 bits per heavy atom. The van der Waals surface area contributed by atoms with Crippen LogP contribution in [-0.2, 0) is 25.8 Å². The SMILES string of the molecule is CCc1cccc(CNC[C@@H](O)[C@H](Cc2cc(F)cc(F)c2)N2CCNCC2Cc2ccccc2)c1. The third-order valence-electron chi connectivity index (χ3n) is 7.03. The summed E-state index contributed by atoms with van der Waals surface area (Å²) in [7, 11) is 0. The van der Waals surface area contributed by atoms with Crippen molar-refractivity contribution in [2.75, 3.05) is 26.2 Å². The first kappa shape index (κ1) is 26.4. The lowest BCUT2D eigenvalue weighted by Crippen LogP contribution is -2.60. The van der Waals surface area contributed by atoms with Crippen molar-refractivity contribution in [2.24, 2.45) is 0 Å². The van der Waals surface area contributed by atoms with Gasteiger partial charge >= 0.3 is 0 Å². The highest BCUT2D eigenvalue weighted by molar-refractivity contribution is 5.23. The maximum Gasteiger partial charge on any atom is 0.126 e. The van der Waals surface area contributed by atoms with Crippen molar-refractivity contribution < 1.29 is 13.9 Å². The van der Waals surface area contributed by atoms with Crippen molar-refractivity contribution in [1.29, 1.82) is 0 Å². The highest BCUT2D eigenvalue weighted by Gasteiger charge is 2.33. The standard InChI is InChI=1S/C30H37F2N3O/c1-2-22-9-6-10-24(13-22)19-34-21-30(36)29(17-25-14-26(31)18-27(32)15-25)35-12-11-33-20-28(35)16-23-7-4-3-5-8-23/h3-10,13-15,18,28-30,33-34,36H,2,11-12,16-17,19-21H2,1H3/t28?,29-,30+/m0/s1. The van der Waals surface area contributed by atoms with E-state index in [0.717, 1.165) is 38.5 Å². The second kappa shape index (κ2) is 13.1. The summed E-state index contributed by atoms with van der Waals surface area (Å²) >= 11 is 0. The number of aliphatic hydroxyl groups is 1. The molecule has 0 bridgehead atoms. The van der Waals surface area contributed by atoms with Crippen molar-refractivity contribution in [3.8, 4) is 0 Å². The Morgan fingerprint density at radius 1 is 0.944 bits per heavy atom. The van der Waals surface area contributed by atoms with Crippen LogP contribution in [-0.4, -0.2) is 54.4 Å². The minimum atomic E-state index is -0.706. The molecule has 3 atom stereocenters. The summed E-state index contributed by atoms with van der Waals surface area (Å²) in [6, 6.07) is 22.3. The van der Waals surface area contributed by atoms with Crippen LogP contribution in [0.5, 0.6) is 0 Å². The average Bonchev–Trinajstić information content (AvgIpc) is 2.88. The van der Waals surface area contributed by atoms with Crippen LogP contribution in [0.25, 0.3) is 0 Å². The van der Waals surface area contributed by atoms with E-state index in [4.69, 9.17) is 0 Å². The minimum absolute atomic E-state index is 0.167. The van der Waals surface area contributed by atoms with E-state index in [0.29, 0.717) is 25.1 Å². The van der Waals surface area contributed by atoms with E-state index in [1.165, 1.54) is 28.8 Å². The van der Waals surface area contributed by atoms with Gasteiger partial charge in [-0.05, 0) is 53.6 Å². The number of nitrogens with zero attached hydrogens (tertiary/aromatic N) is 1. The number of aryl methyl sites for hydroxylation is 1. The van der Waals surface area contributed by atoms with E-state index in [1.807, 2.05) is 18.2 Å². The molecule has 1 heterocycles. The number of halogens is 2. The number of rotatable bonds is 11. The van der Waals surface area contributed by atoms with Gasteiger partial charge in [-0.2, -0.15) is 0 Å². The van der Waals surface area contributed by atoms with E-state index >= 15 is 0 Å². The number of hydrogen-bond donors (Lipinski definition) is 3. The van der Waals surface area contributed by atoms with Gasteiger partial charge in [-0.25, -0.2) is 8.78 Å². The monoisotopic (exact) mass is 493 g/mol. The fourth-order valence-electron chi connectivity index (χ4n) is 5.19. The Kier molecular flexibility index (Phi) is 9.59. The van der Waals surface area contributed by atoms with E-state index in [2.05, 4.69) is 58.9 Å². The zero-order chi connectivity index (χ0) is 25.3. The summed E-state index contributed by atoms with van der Waals surface area (Å²) in [4.78, 5) is 2.33. The smallest absolute Gasteiger partial charge is 0.126 e. The van der Waals surface area contributed by atoms with Gasteiger partial charge in [0.25, 0.3) is 0 Å². The lowest BCUT2D eigenvalue weighted by molar-refractivity contribution is 0.0133. The van der Waals surface area contributed by atoms with Crippen molar-refractivity contribution in [3.05, 3.63) is 107 Å². The Bertz CT molecular complexity index is 1070. The van der Waals surface area contributed by atoms with Gasteiger partial charge in [0.15, 0.2) is 0 Å². The fraction of sp³-hybridized carbons (Fsp3) is 0.400. The number of aliphatic hydroxyl groups excluding tert-OH is 1. The summed E-state index contributed by atoms with van der Waals surface area (Å²) < 4.78 is 28.0. The number of benzene rings is 3. The van der Waals surface area contributed by atoms with Crippen molar-refractivity contribution in [1.82, 2.24) is 15.5 Å². The number of piperazine rings is 1.